The fourth-order valence-corrected chi connectivity index (χ4v) is 2.62. The number of methoxy groups -OCH3 is 1. The Hall–Kier alpha value is -2.22. The van der Waals surface area contributed by atoms with E-state index >= 15 is 0 Å². The summed E-state index contributed by atoms with van der Waals surface area (Å²) in [7, 11) is 1.58. The van der Waals surface area contributed by atoms with Crippen LogP contribution in [0.2, 0.25) is 0 Å². The molecule has 8 heteroatoms. The number of urea groups is 1. The minimum atomic E-state index is -0.511. The first kappa shape index (κ1) is 18.1. The maximum atomic E-state index is 13.7. The summed E-state index contributed by atoms with van der Waals surface area (Å²) in [5.41, 5.74) is 0.362. The lowest BCUT2D eigenvalue weighted by molar-refractivity contribution is -0.131. The largest absolute Gasteiger partial charge is 0.383 e. The molecule has 0 unspecified atom stereocenters. The Morgan fingerprint density at radius 1 is 1.50 bits per heavy atom. The molecular formula is C16H23FN4O3. The number of halogens is 1. The van der Waals surface area contributed by atoms with Crippen molar-refractivity contribution in [3.8, 4) is 0 Å². The van der Waals surface area contributed by atoms with Gasteiger partial charge in [0.25, 0.3) is 0 Å². The van der Waals surface area contributed by atoms with Crippen molar-refractivity contribution in [1.82, 2.24) is 20.1 Å². The zero-order chi connectivity index (χ0) is 17.5. The fourth-order valence-electron chi connectivity index (χ4n) is 2.62. The van der Waals surface area contributed by atoms with E-state index in [4.69, 9.17) is 4.74 Å². The number of hydrogen-bond acceptors (Lipinski definition) is 4. The van der Waals surface area contributed by atoms with E-state index in [9.17, 15) is 14.0 Å². The van der Waals surface area contributed by atoms with Crippen LogP contribution in [-0.2, 0) is 9.53 Å². The molecule has 1 N–H and O–H groups in total. The van der Waals surface area contributed by atoms with Crippen LogP contribution in [0.4, 0.5) is 9.18 Å². The lowest BCUT2D eigenvalue weighted by Crippen LogP contribution is -2.45. The summed E-state index contributed by atoms with van der Waals surface area (Å²) >= 11 is 0. The van der Waals surface area contributed by atoms with E-state index in [2.05, 4.69) is 10.3 Å². The molecule has 132 valence electrons. The second-order valence-corrected chi connectivity index (χ2v) is 5.72. The molecule has 0 aliphatic carbocycles. The summed E-state index contributed by atoms with van der Waals surface area (Å²) in [5.74, 6) is -0.578. The third-order valence-corrected chi connectivity index (χ3v) is 4.00. The standard InChI is InChI=1S/C16H23FN4O3/c1-12(13-4-5-18-10-14(13)17)19-16(23)21-7-3-6-20(8-9-24-2)15(22)11-21/h4-5,10,12H,3,6-9,11H2,1-2H3,(H,19,23)/t12-/m1/s1. The highest BCUT2D eigenvalue weighted by molar-refractivity contribution is 5.84. The average molecular weight is 338 g/mol. The van der Waals surface area contributed by atoms with Crippen LogP contribution in [0.5, 0.6) is 0 Å². The number of aromatic nitrogens is 1. The summed E-state index contributed by atoms with van der Waals surface area (Å²) in [6.45, 7) is 3.77. The molecule has 1 aliphatic rings. The van der Waals surface area contributed by atoms with Gasteiger partial charge in [0.2, 0.25) is 5.91 Å². The van der Waals surface area contributed by atoms with Crippen molar-refractivity contribution in [2.75, 3.05) is 39.9 Å². The van der Waals surface area contributed by atoms with E-state index in [1.165, 1.54) is 17.2 Å². The van der Waals surface area contributed by atoms with Gasteiger partial charge in [-0.25, -0.2) is 9.18 Å². The molecule has 2 rings (SSSR count). The Balaban J connectivity index is 1.95. The number of amides is 3. The number of nitrogens with one attached hydrogen (secondary N) is 1. The van der Waals surface area contributed by atoms with Crippen LogP contribution in [-0.4, -0.2) is 66.6 Å². The van der Waals surface area contributed by atoms with Gasteiger partial charge in [-0.2, -0.15) is 0 Å². The first-order valence-electron chi connectivity index (χ1n) is 7.94. The van der Waals surface area contributed by atoms with Crippen LogP contribution >= 0.6 is 0 Å². The van der Waals surface area contributed by atoms with Gasteiger partial charge in [0.15, 0.2) is 0 Å². The number of rotatable bonds is 5. The first-order chi connectivity index (χ1) is 11.5. The predicted molar refractivity (Wildman–Crippen MR) is 85.8 cm³/mol. The van der Waals surface area contributed by atoms with Crippen LogP contribution in [0.3, 0.4) is 0 Å². The lowest BCUT2D eigenvalue weighted by Gasteiger charge is -2.24. The number of carbonyl (C=O) groups is 2. The molecule has 0 saturated carbocycles. The zero-order valence-electron chi connectivity index (χ0n) is 14.0. The third-order valence-electron chi connectivity index (χ3n) is 4.00. The van der Waals surface area contributed by atoms with Gasteiger partial charge in [0.05, 0.1) is 18.8 Å². The minimum Gasteiger partial charge on any atom is -0.383 e. The number of ether oxygens (including phenoxy) is 1. The van der Waals surface area contributed by atoms with E-state index < -0.39 is 11.9 Å². The van der Waals surface area contributed by atoms with Gasteiger partial charge in [-0.1, -0.05) is 0 Å². The quantitative estimate of drug-likeness (QED) is 0.875. The van der Waals surface area contributed by atoms with Crippen LogP contribution < -0.4 is 5.32 Å². The molecule has 1 atom stereocenters. The summed E-state index contributed by atoms with van der Waals surface area (Å²) in [6, 6.07) is 0.643. The molecule has 0 bridgehead atoms. The molecule has 3 amide bonds. The molecule has 24 heavy (non-hydrogen) atoms. The Labute approximate surface area is 140 Å². The third kappa shape index (κ3) is 4.64. The van der Waals surface area contributed by atoms with E-state index in [-0.39, 0.29) is 18.5 Å². The first-order valence-corrected chi connectivity index (χ1v) is 7.94. The van der Waals surface area contributed by atoms with E-state index in [1.54, 1.807) is 18.9 Å². The van der Waals surface area contributed by atoms with Crippen molar-refractivity contribution >= 4 is 11.9 Å². The Kier molecular flexibility index (Phi) is 6.48. The molecule has 0 radical (unpaired) electrons. The van der Waals surface area contributed by atoms with Crippen LogP contribution in [0.25, 0.3) is 0 Å². The zero-order valence-corrected chi connectivity index (χ0v) is 14.0. The second kappa shape index (κ2) is 8.58. The van der Waals surface area contributed by atoms with Crippen molar-refractivity contribution in [3.05, 3.63) is 29.8 Å². The van der Waals surface area contributed by atoms with Gasteiger partial charge in [-0.05, 0) is 19.4 Å². The van der Waals surface area contributed by atoms with Crippen molar-refractivity contribution in [2.24, 2.45) is 0 Å². The SMILES string of the molecule is COCCN1CCCN(C(=O)N[C@H](C)c2ccncc2F)CC1=O. The summed E-state index contributed by atoms with van der Waals surface area (Å²) < 4.78 is 18.7. The Bertz CT molecular complexity index is 584. The van der Waals surface area contributed by atoms with Crippen LogP contribution in [0.1, 0.15) is 24.9 Å². The van der Waals surface area contributed by atoms with Crippen molar-refractivity contribution in [2.45, 2.75) is 19.4 Å². The molecule has 1 saturated heterocycles. The number of pyridine rings is 1. The maximum Gasteiger partial charge on any atom is 0.318 e. The predicted octanol–water partition coefficient (Wildman–Crippen LogP) is 1.17. The molecule has 2 heterocycles. The highest BCUT2D eigenvalue weighted by Gasteiger charge is 2.25. The topological polar surface area (TPSA) is 74.8 Å². The smallest absolute Gasteiger partial charge is 0.318 e. The second-order valence-electron chi connectivity index (χ2n) is 5.72. The molecule has 7 nitrogen and oxygen atoms in total. The van der Waals surface area contributed by atoms with Gasteiger partial charge in [-0.3, -0.25) is 9.78 Å². The van der Waals surface area contributed by atoms with Gasteiger partial charge in [-0.15, -0.1) is 0 Å². The molecule has 1 fully saturated rings. The number of nitrogens with zero attached hydrogens (tertiary/aromatic N) is 3. The van der Waals surface area contributed by atoms with E-state index in [1.807, 2.05) is 0 Å². The molecule has 1 aromatic rings. The van der Waals surface area contributed by atoms with Gasteiger partial charge >= 0.3 is 6.03 Å². The van der Waals surface area contributed by atoms with Crippen molar-refractivity contribution < 1.29 is 18.7 Å². The molecular weight excluding hydrogens is 315 g/mol. The number of hydrogen-bond donors (Lipinski definition) is 1. The van der Waals surface area contributed by atoms with E-state index in [0.29, 0.717) is 38.2 Å². The monoisotopic (exact) mass is 338 g/mol. The average Bonchev–Trinajstić information content (AvgIpc) is 2.74. The highest BCUT2D eigenvalue weighted by Crippen LogP contribution is 2.15. The Morgan fingerprint density at radius 2 is 2.29 bits per heavy atom. The van der Waals surface area contributed by atoms with E-state index in [0.717, 1.165) is 6.20 Å². The normalized spacial score (nSPS) is 16.7. The maximum absolute atomic E-state index is 13.7. The van der Waals surface area contributed by atoms with Crippen molar-refractivity contribution in [3.63, 3.8) is 0 Å². The molecule has 0 aromatic carbocycles. The molecule has 0 spiro atoms. The number of carbonyl (C=O) groups excluding carboxylic acids is 2. The summed E-state index contributed by atoms with van der Waals surface area (Å²) in [4.78, 5) is 31.5. The van der Waals surface area contributed by atoms with Crippen LogP contribution in [0.15, 0.2) is 18.5 Å². The highest BCUT2D eigenvalue weighted by atomic mass is 19.1. The lowest BCUT2D eigenvalue weighted by atomic mass is 10.1. The molecule has 1 aromatic heterocycles. The summed E-state index contributed by atoms with van der Waals surface area (Å²) in [6.07, 6.45) is 3.28. The molecule has 1 aliphatic heterocycles. The fraction of sp³-hybridized carbons (Fsp3) is 0.562. The van der Waals surface area contributed by atoms with Crippen molar-refractivity contribution in [1.29, 1.82) is 0 Å². The summed E-state index contributed by atoms with van der Waals surface area (Å²) in [5, 5.41) is 2.74. The van der Waals surface area contributed by atoms with Gasteiger partial charge < -0.3 is 19.9 Å². The Morgan fingerprint density at radius 3 is 3.00 bits per heavy atom. The van der Waals surface area contributed by atoms with Gasteiger partial charge in [0.1, 0.15) is 12.4 Å². The van der Waals surface area contributed by atoms with Crippen LogP contribution in [0, 0.1) is 5.82 Å². The van der Waals surface area contributed by atoms with Gasteiger partial charge in [0, 0.05) is 38.5 Å². The minimum absolute atomic E-state index is 0.0150.